The number of halogens is 4. The van der Waals surface area contributed by atoms with Crippen molar-refractivity contribution in [2.24, 2.45) is 5.92 Å². The lowest BCUT2D eigenvalue weighted by molar-refractivity contribution is -0.144. The minimum atomic E-state index is -2.78. The zero-order chi connectivity index (χ0) is 37.4. The fourth-order valence-corrected chi connectivity index (χ4v) is 5.89. The van der Waals surface area contributed by atoms with Crippen LogP contribution in [0.2, 0.25) is 0 Å². The summed E-state index contributed by atoms with van der Waals surface area (Å²) < 4.78 is 64.9. The molecule has 0 aromatic heterocycles. The van der Waals surface area contributed by atoms with E-state index in [0.717, 1.165) is 88.8 Å². The number of carbonyl (C=O) groups is 2. The van der Waals surface area contributed by atoms with Crippen LogP contribution >= 0.6 is 0 Å². The van der Waals surface area contributed by atoms with Crippen molar-refractivity contribution in [2.75, 3.05) is 33.9 Å². The molecule has 50 heavy (non-hydrogen) atoms. The molecule has 294 valence electrons. The average Bonchev–Trinajstić information content (AvgIpc) is 3.06. The zero-order valence-electron chi connectivity index (χ0n) is 32.3. The fourth-order valence-electron chi connectivity index (χ4n) is 5.89. The van der Waals surface area contributed by atoms with Gasteiger partial charge >= 0.3 is 11.9 Å². The van der Waals surface area contributed by atoms with E-state index in [-0.39, 0.29) is 38.0 Å². The van der Waals surface area contributed by atoms with Crippen LogP contribution in [0.15, 0.2) is 24.3 Å². The van der Waals surface area contributed by atoms with Gasteiger partial charge in [0.05, 0.1) is 13.2 Å². The molecule has 0 atom stereocenters. The second-order valence-corrected chi connectivity index (χ2v) is 14.3. The van der Waals surface area contributed by atoms with E-state index in [0.29, 0.717) is 38.5 Å². The molecule has 0 aromatic rings. The standard InChI is InChI=1S/C41H73F4NO4/c1-5-7-30-40(42,43)32-20-23-35-49-38(47)28-17-13-9-11-15-25-37(27-19-22-34-46(3)4)26-16-12-10-14-18-29-39(48)50-36-24-21-33-41(44,45)31-8-6-2/h20-21,32-33,37H,5-19,22-31,34-36H2,1-4H3/b32-20-,33-21-. The van der Waals surface area contributed by atoms with Crippen molar-refractivity contribution in [1.82, 2.24) is 4.90 Å². The van der Waals surface area contributed by atoms with Crippen molar-refractivity contribution in [3.8, 4) is 0 Å². The molecule has 9 heteroatoms. The quantitative estimate of drug-likeness (QED) is 0.0282. The Hall–Kier alpha value is -1.90. The summed E-state index contributed by atoms with van der Waals surface area (Å²) in [6.45, 7) is 5.20. The van der Waals surface area contributed by atoms with Crippen LogP contribution < -0.4 is 0 Å². The molecule has 0 aliphatic rings. The third-order valence-corrected chi connectivity index (χ3v) is 9.00. The van der Waals surface area contributed by atoms with Crippen LogP contribution in [0.1, 0.15) is 174 Å². The van der Waals surface area contributed by atoms with Crippen LogP contribution in [-0.2, 0) is 19.1 Å². The number of unbranched alkanes of at least 4 members (excludes halogenated alkanes) is 11. The Bertz CT molecular complexity index is 817. The van der Waals surface area contributed by atoms with Gasteiger partial charge in [0.1, 0.15) is 0 Å². The zero-order valence-corrected chi connectivity index (χ0v) is 32.3. The number of rotatable bonds is 35. The minimum absolute atomic E-state index is 0.141. The summed E-state index contributed by atoms with van der Waals surface area (Å²) in [6, 6.07) is 0. The maximum atomic E-state index is 13.6. The van der Waals surface area contributed by atoms with Crippen LogP contribution in [0, 0.1) is 5.92 Å². The largest absolute Gasteiger partial charge is 0.465 e. The van der Waals surface area contributed by atoms with Crippen LogP contribution in [0.3, 0.4) is 0 Å². The second kappa shape index (κ2) is 31.8. The van der Waals surface area contributed by atoms with Crippen molar-refractivity contribution >= 4 is 11.9 Å². The molecule has 0 unspecified atom stereocenters. The van der Waals surface area contributed by atoms with Crippen LogP contribution in [0.25, 0.3) is 0 Å². The van der Waals surface area contributed by atoms with Crippen molar-refractivity contribution in [3.05, 3.63) is 24.3 Å². The maximum absolute atomic E-state index is 13.6. The summed E-state index contributed by atoms with van der Waals surface area (Å²) in [5.41, 5.74) is 0. The Balaban J connectivity index is 4.07. The molecule has 0 amide bonds. The van der Waals surface area contributed by atoms with Crippen molar-refractivity contribution in [3.63, 3.8) is 0 Å². The second-order valence-electron chi connectivity index (χ2n) is 14.3. The van der Waals surface area contributed by atoms with Gasteiger partial charge in [-0.2, -0.15) is 0 Å². The van der Waals surface area contributed by atoms with Gasteiger partial charge in [-0.15, -0.1) is 0 Å². The Kier molecular flexibility index (Phi) is 30.6. The third kappa shape index (κ3) is 33.3. The predicted octanol–water partition coefficient (Wildman–Crippen LogP) is 12.4. The summed E-state index contributed by atoms with van der Waals surface area (Å²) >= 11 is 0. The SMILES string of the molecule is CCCCC(F)(F)/C=C\CCOC(=O)CCCCCCCC(CCCCCCCC(=O)OCC/C=C\C(F)(F)CCCC)CCCCN(C)C. The molecule has 0 bridgehead atoms. The van der Waals surface area contributed by atoms with Crippen molar-refractivity contribution < 1.29 is 36.6 Å². The molecule has 0 fully saturated rings. The summed E-state index contributed by atoms with van der Waals surface area (Å²) in [5, 5.41) is 0. The highest BCUT2D eigenvalue weighted by Gasteiger charge is 2.24. The highest BCUT2D eigenvalue weighted by atomic mass is 19.3. The van der Waals surface area contributed by atoms with E-state index in [2.05, 4.69) is 19.0 Å². The number of ether oxygens (including phenoxy) is 2. The monoisotopic (exact) mass is 720 g/mol. The highest BCUT2D eigenvalue weighted by Crippen LogP contribution is 2.25. The number of nitrogens with zero attached hydrogens (tertiary/aromatic N) is 1. The molecule has 0 heterocycles. The maximum Gasteiger partial charge on any atom is 0.305 e. The van der Waals surface area contributed by atoms with Crippen molar-refractivity contribution in [1.29, 1.82) is 0 Å². The van der Waals surface area contributed by atoms with Gasteiger partial charge in [-0.05, 0) is 83.7 Å². The summed E-state index contributed by atoms with van der Waals surface area (Å²) in [5.74, 6) is -5.32. The Morgan fingerprint density at radius 3 is 1.36 bits per heavy atom. The molecule has 0 rings (SSSR count). The number of hydrogen-bond acceptors (Lipinski definition) is 5. The molecule has 5 nitrogen and oxygen atoms in total. The Morgan fingerprint density at radius 2 is 0.960 bits per heavy atom. The summed E-state index contributed by atoms with van der Waals surface area (Å²) in [4.78, 5) is 26.2. The topological polar surface area (TPSA) is 55.8 Å². The number of hydrogen-bond donors (Lipinski definition) is 0. The van der Waals surface area contributed by atoms with E-state index in [9.17, 15) is 27.2 Å². The first-order valence-electron chi connectivity index (χ1n) is 20.0. The summed E-state index contributed by atoms with van der Waals surface area (Å²) in [6.07, 6.45) is 25.0. The van der Waals surface area contributed by atoms with Gasteiger partial charge in [-0.1, -0.05) is 116 Å². The molecular weight excluding hydrogens is 646 g/mol. The normalized spacial score (nSPS) is 12.6. The molecule has 0 spiro atoms. The molecule has 0 saturated heterocycles. The predicted molar refractivity (Wildman–Crippen MR) is 199 cm³/mol. The number of esters is 2. The van der Waals surface area contributed by atoms with Gasteiger partial charge in [0.2, 0.25) is 0 Å². The summed E-state index contributed by atoms with van der Waals surface area (Å²) in [7, 11) is 4.23. The van der Waals surface area contributed by atoms with Gasteiger partial charge in [0.15, 0.2) is 0 Å². The highest BCUT2D eigenvalue weighted by molar-refractivity contribution is 5.69. The van der Waals surface area contributed by atoms with Gasteiger partial charge in [-0.3, -0.25) is 9.59 Å². The Morgan fingerprint density at radius 1 is 0.580 bits per heavy atom. The molecule has 0 N–H and O–H groups in total. The van der Waals surface area contributed by atoms with Gasteiger partial charge in [0, 0.05) is 25.7 Å². The minimum Gasteiger partial charge on any atom is -0.465 e. The van der Waals surface area contributed by atoms with Crippen LogP contribution in [0.5, 0.6) is 0 Å². The van der Waals surface area contributed by atoms with Gasteiger partial charge in [0.25, 0.3) is 11.8 Å². The van der Waals surface area contributed by atoms with E-state index in [4.69, 9.17) is 9.47 Å². The van der Waals surface area contributed by atoms with Crippen LogP contribution in [0.4, 0.5) is 17.6 Å². The number of allylic oxidation sites excluding steroid dienone is 2. The molecule has 0 aliphatic heterocycles. The van der Waals surface area contributed by atoms with E-state index in [1.54, 1.807) is 0 Å². The molecule has 0 aliphatic carbocycles. The number of carbonyl (C=O) groups excluding carboxylic acids is 2. The lowest BCUT2D eigenvalue weighted by Crippen LogP contribution is -2.13. The van der Waals surface area contributed by atoms with Crippen molar-refractivity contribution in [2.45, 2.75) is 186 Å². The number of alkyl halides is 4. The fraction of sp³-hybridized carbons (Fsp3) is 0.854. The molecule has 0 radical (unpaired) electrons. The molecule has 0 aromatic carbocycles. The van der Waals surface area contributed by atoms with E-state index < -0.39 is 11.8 Å². The first-order chi connectivity index (χ1) is 23.9. The van der Waals surface area contributed by atoms with E-state index in [1.807, 2.05) is 13.8 Å². The molecular formula is C41H73F4NO4. The smallest absolute Gasteiger partial charge is 0.305 e. The van der Waals surface area contributed by atoms with Gasteiger partial charge < -0.3 is 14.4 Å². The van der Waals surface area contributed by atoms with E-state index in [1.165, 1.54) is 57.1 Å². The Labute approximate surface area is 303 Å². The lowest BCUT2D eigenvalue weighted by atomic mass is 9.90. The first-order valence-corrected chi connectivity index (χ1v) is 20.0. The first kappa shape index (κ1) is 48.1. The third-order valence-electron chi connectivity index (χ3n) is 9.00. The lowest BCUT2D eigenvalue weighted by Gasteiger charge is -2.18. The van der Waals surface area contributed by atoms with Crippen LogP contribution in [-0.4, -0.2) is 62.5 Å². The van der Waals surface area contributed by atoms with E-state index >= 15 is 0 Å². The molecule has 0 saturated carbocycles. The van der Waals surface area contributed by atoms with Gasteiger partial charge in [-0.25, -0.2) is 17.6 Å². The average molecular weight is 720 g/mol.